The highest BCUT2D eigenvalue weighted by Crippen LogP contribution is 2.38. The zero-order chi connectivity index (χ0) is 14.9. The summed E-state index contributed by atoms with van der Waals surface area (Å²) in [6.07, 6.45) is 12.5. The zero-order valence-corrected chi connectivity index (χ0v) is 14.0. The molecule has 118 valence electrons. The molecular formula is C20H33N. The van der Waals surface area contributed by atoms with E-state index in [2.05, 4.69) is 49.6 Å². The smallest absolute Gasteiger partial charge is 0.00927 e. The fourth-order valence-corrected chi connectivity index (χ4v) is 4.00. The van der Waals surface area contributed by atoms with Gasteiger partial charge in [-0.25, -0.2) is 0 Å². The molecule has 0 aliphatic heterocycles. The van der Waals surface area contributed by atoms with E-state index >= 15 is 0 Å². The van der Waals surface area contributed by atoms with Crippen LogP contribution in [0.5, 0.6) is 0 Å². The van der Waals surface area contributed by atoms with Gasteiger partial charge >= 0.3 is 0 Å². The number of unbranched alkanes of at least 4 members (excludes halogenated alkanes) is 4. The lowest BCUT2D eigenvalue weighted by Gasteiger charge is -2.36. The first-order valence-electron chi connectivity index (χ1n) is 9.07. The van der Waals surface area contributed by atoms with Crippen molar-refractivity contribution in [3.05, 3.63) is 35.9 Å². The van der Waals surface area contributed by atoms with Crippen molar-refractivity contribution in [3.63, 3.8) is 0 Å². The van der Waals surface area contributed by atoms with Gasteiger partial charge in [0.15, 0.2) is 0 Å². The molecule has 0 bridgehead atoms. The standard InChI is InChI=1S/C20H33N/c1-3-4-5-6-8-13-19-16-18(14-15-20(19)21-2)17-11-9-7-10-12-17/h7,9-12,18-21H,3-6,8,13-16H2,1-2H3. The maximum atomic E-state index is 3.58. The molecule has 0 spiro atoms. The summed E-state index contributed by atoms with van der Waals surface area (Å²) in [6.45, 7) is 2.29. The first kappa shape index (κ1) is 16.5. The molecule has 2 rings (SSSR count). The second kappa shape index (κ2) is 9.25. The van der Waals surface area contributed by atoms with Crippen molar-refractivity contribution >= 4 is 0 Å². The number of rotatable bonds is 8. The molecule has 1 heteroatoms. The first-order valence-corrected chi connectivity index (χ1v) is 9.07. The quantitative estimate of drug-likeness (QED) is 0.621. The van der Waals surface area contributed by atoms with Crippen molar-refractivity contribution in [1.82, 2.24) is 5.32 Å². The van der Waals surface area contributed by atoms with Crippen LogP contribution in [0.4, 0.5) is 0 Å². The van der Waals surface area contributed by atoms with Gasteiger partial charge in [0.05, 0.1) is 0 Å². The second-order valence-electron chi connectivity index (χ2n) is 6.78. The van der Waals surface area contributed by atoms with Gasteiger partial charge in [0.1, 0.15) is 0 Å². The molecule has 1 aromatic carbocycles. The van der Waals surface area contributed by atoms with Crippen LogP contribution in [0.15, 0.2) is 30.3 Å². The lowest BCUT2D eigenvalue weighted by molar-refractivity contribution is 0.232. The number of benzene rings is 1. The topological polar surface area (TPSA) is 12.0 Å². The Balaban J connectivity index is 1.84. The van der Waals surface area contributed by atoms with Gasteiger partial charge in [-0.2, -0.15) is 0 Å². The van der Waals surface area contributed by atoms with Crippen molar-refractivity contribution < 1.29 is 0 Å². The minimum atomic E-state index is 0.746. The maximum absolute atomic E-state index is 3.58. The molecule has 1 N–H and O–H groups in total. The Morgan fingerprint density at radius 3 is 2.48 bits per heavy atom. The summed E-state index contributed by atoms with van der Waals surface area (Å²) < 4.78 is 0. The van der Waals surface area contributed by atoms with Crippen molar-refractivity contribution in [1.29, 1.82) is 0 Å². The van der Waals surface area contributed by atoms with Crippen molar-refractivity contribution in [2.75, 3.05) is 7.05 Å². The predicted molar refractivity (Wildman–Crippen MR) is 92.7 cm³/mol. The molecule has 0 aromatic heterocycles. The summed E-state index contributed by atoms with van der Waals surface area (Å²) in [5.74, 6) is 1.66. The van der Waals surface area contributed by atoms with E-state index in [1.54, 1.807) is 5.56 Å². The highest BCUT2D eigenvalue weighted by molar-refractivity contribution is 5.20. The summed E-state index contributed by atoms with van der Waals surface area (Å²) >= 11 is 0. The summed E-state index contributed by atoms with van der Waals surface area (Å²) in [5, 5.41) is 3.58. The average Bonchev–Trinajstić information content (AvgIpc) is 2.55. The molecule has 0 heterocycles. The van der Waals surface area contributed by atoms with Gasteiger partial charge in [-0.1, -0.05) is 69.4 Å². The van der Waals surface area contributed by atoms with Gasteiger partial charge in [0, 0.05) is 6.04 Å². The van der Waals surface area contributed by atoms with Gasteiger partial charge in [0.2, 0.25) is 0 Å². The van der Waals surface area contributed by atoms with Gasteiger partial charge in [0.25, 0.3) is 0 Å². The fourth-order valence-electron chi connectivity index (χ4n) is 4.00. The molecule has 3 atom stereocenters. The fraction of sp³-hybridized carbons (Fsp3) is 0.700. The normalized spacial score (nSPS) is 25.9. The van der Waals surface area contributed by atoms with Crippen LogP contribution in [-0.2, 0) is 0 Å². The molecule has 0 amide bonds. The van der Waals surface area contributed by atoms with Crippen LogP contribution in [-0.4, -0.2) is 13.1 Å². The third-order valence-corrected chi connectivity index (χ3v) is 5.30. The van der Waals surface area contributed by atoms with Crippen LogP contribution in [0, 0.1) is 5.92 Å². The summed E-state index contributed by atoms with van der Waals surface area (Å²) in [7, 11) is 2.15. The minimum absolute atomic E-state index is 0.746. The third-order valence-electron chi connectivity index (χ3n) is 5.30. The molecular weight excluding hydrogens is 254 g/mol. The highest BCUT2D eigenvalue weighted by atomic mass is 14.9. The molecule has 1 saturated carbocycles. The van der Waals surface area contributed by atoms with E-state index in [1.807, 2.05) is 0 Å². The van der Waals surface area contributed by atoms with E-state index < -0.39 is 0 Å². The summed E-state index contributed by atoms with van der Waals surface area (Å²) in [5.41, 5.74) is 1.56. The monoisotopic (exact) mass is 287 g/mol. The highest BCUT2D eigenvalue weighted by Gasteiger charge is 2.29. The molecule has 0 radical (unpaired) electrons. The van der Waals surface area contributed by atoms with E-state index in [-0.39, 0.29) is 0 Å². The Bertz CT molecular complexity index is 373. The molecule has 1 aliphatic carbocycles. The summed E-state index contributed by atoms with van der Waals surface area (Å²) in [6, 6.07) is 11.9. The predicted octanol–water partition coefficient (Wildman–Crippen LogP) is 5.52. The molecule has 1 fully saturated rings. The zero-order valence-electron chi connectivity index (χ0n) is 14.0. The molecule has 1 aromatic rings. The molecule has 21 heavy (non-hydrogen) atoms. The lowest BCUT2D eigenvalue weighted by Crippen LogP contribution is -2.38. The largest absolute Gasteiger partial charge is 0.317 e. The molecule has 3 unspecified atom stereocenters. The Morgan fingerprint density at radius 2 is 1.76 bits per heavy atom. The Kier molecular flexibility index (Phi) is 7.29. The van der Waals surface area contributed by atoms with E-state index in [9.17, 15) is 0 Å². The maximum Gasteiger partial charge on any atom is 0.00927 e. The minimum Gasteiger partial charge on any atom is -0.317 e. The number of hydrogen-bond donors (Lipinski definition) is 1. The van der Waals surface area contributed by atoms with Crippen LogP contribution >= 0.6 is 0 Å². The van der Waals surface area contributed by atoms with Gasteiger partial charge in [-0.05, 0) is 50.1 Å². The van der Waals surface area contributed by atoms with Crippen LogP contribution in [0.25, 0.3) is 0 Å². The number of nitrogens with one attached hydrogen (secondary N) is 1. The van der Waals surface area contributed by atoms with Crippen LogP contribution in [0.3, 0.4) is 0 Å². The SMILES string of the molecule is CCCCCCCC1CC(c2ccccc2)CCC1NC. The second-order valence-corrected chi connectivity index (χ2v) is 6.78. The van der Waals surface area contributed by atoms with E-state index in [4.69, 9.17) is 0 Å². The Hall–Kier alpha value is -0.820. The van der Waals surface area contributed by atoms with Crippen molar-refractivity contribution in [3.8, 4) is 0 Å². The first-order chi connectivity index (χ1) is 10.3. The van der Waals surface area contributed by atoms with Crippen molar-refractivity contribution in [2.45, 2.75) is 76.7 Å². The van der Waals surface area contributed by atoms with E-state index in [0.29, 0.717) is 0 Å². The summed E-state index contributed by atoms with van der Waals surface area (Å²) in [4.78, 5) is 0. The average molecular weight is 287 g/mol. The van der Waals surface area contributed by atoms with E-state index in [1.165, 1.54) is 57.8 Å². The van der Waals surface area contributed by atoms with Crippen molar-refractivity contribution in [2.24, 2.45) is 5.92 Å². The van der Waals surface area contributed by atoms with Gasteiger partial charge in [-0.3, -0.25) is 0 Å². The van der Waals surface area contributed by atoms with Crippen LogP contribution < -0.4 is 5.32 Å². The molecule has 1 nitrogen and oxygen atoms in total. The van der Waals surface area contributed by atoms with E-state index in [0.717, 1.165) is 17.9 Å². The van der Waals surface area contributed by atoms with Crippen LogP contribution in [0.1, 0.15) is 76.2 Å². The Labute approximate surface area is 131 Å². The molecule has 1 aliphatic rings. The van der Waals surface area contributed by atoms with Gasteiger partial charge < -0.3 is 5.32 Å². The Morgan fingerprint density at radius 1 is 1.00 bits per heavy atom. The third kappa shape index (κ3) is 5.14. The molecule has 0 saturated heterocycles. The van der Waals surface area contributed by atoms with Gasteiger partial charge in [-0.15, -0.1) is 0 Å². The lowest BCUT2D eigenvalue weighted by atomic mass is 9.73. The van der Waals surface area contributed by atoms with Crippen LogP contribution in [0.2, 0.25) is 0 Å². The number of hydrogen-bond acceptors (Lipinski definition) is 1.